The summed E-state index contributed by atoms with van der Waals surface area (Å²) in [6, 6.07) is 8.17. The second-order valence-electron chi connectivity index (χ2n) is 6.23. The molecular weight excluding hydrogens is 364 g/mol. The Morgan fingerprint density at radius 3 is 2.55 bits per heavy atom. The van der Waals surface area contributed by atoms with E-state index < -0.39 is 0 Å². The molecule has 3 nitrogen and oxygen atoms in total. The van der Waals surface area contributed by atoms with Gasteiger partial charge in [-0.3, -0.25) is 4.79 Å². The summed E-state index contributed by atoms with van der Waals surface area (Å²) in [6.45, 7) is 7.78. The molecule has 1 amide bonds. The highest BCUT2D eigenvalue weighted by Gasteiger charge is 2.26. The topological polar surface area (TPSA) is 32.3 Å². The molecule has 5 heteroatoms. The molecule has 22 heavy (non-hydrogen) atoms. The normalized spacial score (nSPS) is 15.5. The van der Waals surface area contributed by atoms with Crippen molar-refractivity contribution in [2.45, 2.75) is 33.2 Å². The molecule has 0 radical (unpaired) electrons. The number of benzene rings is 1. The lowest BCUT2D eigenvalue weighted by Gasteiger charge is -2.31. The van der Waals surface area contributed by atoms with E-state index in [0.29, 0.717) is 18.4 Å². The van der Waals surface area contributed by atoms with Gasteiger partial charge in [0.1, 0.15) is 0 Å². The van der Waals surface area contributed by atoms with E-state index in [-0.39, 0.29) is 18.3 Å². The summed E-state index contributed by atoms with van der Waals surface area (Å²) in [5.74, 6) is 0.992. The third kappa shape index (κ3) is 5.56. The van der Waals surface area contributed by atoms with Crippen LogP contribution in [-0.4, -0.2) is 30.4 Å². The number of halogens is 2. The van der Waals surface area contributed by atoms with Crippen LogP contribution in [0.1, 0.15) is 32.3 Å². The van der Waals surface area contributed by atoms with Gasteiger partial charge < -0.3 is 10.2 Å². The van der Waals surface area contributed by atoms with Gasteiger partial charge in [0.15, 0.2) is 0 Å². The van der Waals surface area contributed by atoms with Crippen LogP contribution in [0.5, 0.6) is 0 Å². The Balaban J connectivity index is 0.00000242. The van der Waals surface area contributed by atoms with Gasteiger partial charge in [0.25, 0.3) is 0 Å². The van der Waals surface area contributed by atoms with Gasteiger partial charge in [0, 0.05) is 23.5 Å². The SMILES string of the molecule is CC(C)CN(Cc1ccccc1Br)C(=O)C1CCNCC1.Cl. The van der Waals surface area contributed by atoms with Crippen molar-refractivity contribution < 1.29 is 4.79 Å². The van der Waals surface area contributed by atoms with Gasteiger partial charge in [0.05, 0.1) is 0 Å². The molecular formula is C17H26BrClN2O. The van der Waals surface area contributed by atoms with Gasteiger partial charge in [-0.25, -0.2) is 0 Å². The molecule has 0 atom stereocenters. The van der Waals surface area contributed by atoms with Crippen molar-refractivity contribution in [3.8, 4) is 0 Å². The van der Waals surface area contributed by atoms with Crippen molar-refractivity contribution in [2.75, 3.05) is 19.6 Å². The van der Waals surface area contributed by atoms with Crippen LogP contribution in [0.25, 0.3) is 0 Å². The lowest BCUT2D eigenvalue weighted by Crippen LogP contribution is -2.42. The molecule has 1 aromatic rings. The van der Waals surface area contributed by atoms with E-state index in [9.17, 15) is 4.79 Å². The first kappa shape index (κ1) is 19.5. The maximum absolute atomic E-state index is 12.8. The number of hydrogen-bond donors (Lipinski definition) is 1. The minimum absolute atomic E-state index is 0. The van der Waals surface area contributed by atoms with Crippen LogP contribution < -0.4 is 5.32 Å². The average Bonchev–Trinajstić information content (AvgIpc) is 2.48. The predicted octanol–water partition coefficient (Wildman–Crippen LogP) is 3.86. The van der Waals surface area contributed by atoms with Crippen LogP contribution >= 0.6 is 28.3 Å². The summed E-state index contributed by atoms with van der Waals surface area (Å²) in [4.78, 5) is 14.9. The lowest BCUT2D eigenvalue weighted by molar-refractivity contribution is -0.137. The number of carbonyl (C=O) groups is 1. The third-order valence-electron chi connectivity index (χ3n) is 3.90. The first-order valence-electron chi connectivity index (χ1n) is 7.81. The average molecular weight is 390 g/mol. The molecule has 0 spiro atoms. The van der Waals surface area contributed by atoms with Gasteiger partial charge in [-0.05, 0) is 43.5 Å². The van der Waals surface area contributed by atoms with Gasteiger partial charge in [0.2, 0.25) is 5.91 Å². The summed E-state index contributed by atoms with van der Waals surface area (Å²) in [5, 5.41) is 3.33. The minimum atomic E-state index is 0. The molecule has 1 heterocycles. The zero-order chi connectivity index (χ0) is 15.2. The molecule has 1 fully saturated rings. The van der Waals surface area contributed by atoms with E-state index in [0.717, 1.165) is 36.9 Å². The molecule has 0 unspecified atom stereocenters. The summed E-state index contributed by atoms with van der Waals surface area (Å²) < 4.78 is 1.08. The van der Waals surface area contributed by atoms with Crippen LogP contribution in [0.3, 0.4) is 0 Å². The van der Waals surface area contributed by atoms with Crippen LogP contribution in [0.4, 0.5) is 0 Å². The van der Waals surface area contributed by atoms with Crippen LogP contribution in [-0.2, 0) is 11.3 Å². The fourth-order valence-electron chi connectivity index (χ4n) is 2.83. The Morgan fingerprint density at radius 2 is 1.95 bits per heavy atom. The van der Waals surface area contributed by atoms with E-state index in [2.05, 4.69) is 41.2 Å². The Bertz CT molecular complexity index is 475. The molecule has 0 bridgehead atoms. The standard InChI is InChI=1S/C17H25BrN2O.ClH/c1-13(2)11-20(12-15-5-3-4-6-16(15)18)17(21)14-7-9-19-10-8-14;/h3-6,13-14,19H,7-12H2,1-2H3;1H. The number of amides is 1. The van der Waals surface area contributed by atoms with E-state index in [1.807, 2.05) is 23.1 Å². The number of piperidine rings is 1. The molecule has 0 aromatic heterocycles. The molecule has 0 saturated carbocycles. The van der Waals surface area contributed by atoms with E-state index in [4.69, 9.17) is 0 Å². The van der Waals surface area contributed by atoms with Gasteiger partial charge in [-0.2, -0.15) is 0 Å². The van der Waals surface area contributed by atoms with Crippen molar-refractivity contribution >= 4 is 34.2 Å². The highest BCUT2D eigenvalue weighted by molar-refractivity contribution is 9.10. The summed E-state index contributed by atoms with van der Waals surface area (Å²) in [5.41, 5.74) is 1.18. The second kappa shape index (κ2) is 9.53. The van der Waals surface area contributed by atoms with E-state index in [1.54, 1.807) is 0 Å². The number of nitrogens with one attached hydrogen (secondary N) is 1. The number of carbonyl (C=O) groups excluding carboxylic acids is 1. The molecule has 1 N–H and O–H groups in total. The molecule has 2 rings (SSSR count). The van der Waals surface area contributed by atoms with Crippen LogP contribution in [0, 0.1) is 11.8 Å². The Labute approximate surface area is 148 Å². The third-order valence-corrected chi connectivity index (χ3v) is 4.68. The Morgan fingerprint density at radius 1 is 1.32 bits per heavy atom. The highest BCUT2D eigenvalue weighted by Crippen LogP contribution is 2.22. The smallest absolute Gasteiger partial charge is 0.226 e. The Kier molecular flexibility index (Phi) is 8.44. The summed E-state index contributed by atoms with van der Waals surface area (Å²) in [7, 11) is 0. The highest BCUT2D eigenvalue weighted by atomic mass is 79.9. The molecule has 1 aliphatic heterocycles. The first-order valence-corrected chi connectivity index (χ1v) is 8.60. The van der Waals surface area contributed by atoms with E-state index in [1.165, 1.54) is 5.56 Å². The van der Waals surface area contributed by atoms with Crippen LogP contribution in [0.2, 0.25) is 0 Å². The Hall–Kier alpha value is -0.580. The molecule has 1 aliphatic rings. The predicted molar refractivity (Wildman–Crippen MR) is 97.2 cm³/mol. The number of nitrogens with zero attached hydrogens (tertiary/aromatic N) is 1. The fraction of sp³-hybridized carbons (Fsp3) is 0.588. The molecule has 1 saturated heterocycles. The summed E-state index contributed by atoms with van der Waals surface area (Å²) in [6.07, 6.45) is 1.92. The minimum Gasteiger partial charge on any atom is -0.338 e. The van der Waals surface area contributed by atoms with Gasteiger partial charge in [-0.15, -0.1) is 12.4 Å². The zero-order valence-corrected chi connectivity index (χ0v) is 15.8. The fourth-order valence-corrected chi connectivity index (χ4v) is 3.24. The number of rotatable bonds is 5. The first-order chi connectivity index (χ1) is 10.1. The largest absolute Gasteiger partial charge is 0.338 e. The van der Waals surface area contributed by atoms with Crippen molar-refractivity contribution in [2.24, 2.45) is 11.8 Å². The number of hydrogen-bond acceptors (Lipinski definition) is 2. The zero-order valence-electron chi connectivity index (χ0n) is 13.3. The van der Waals surface area contributed by atoms with Gasteiger partial charge in [-0.1, -0.05) is 48.0 Å². The maximum Gasteiger partial charge on any atom is 0.226 e. The summed E-state index contributed by atoms with van der Waals surface area (Å²) >= 11 is 3.59. The van der Waals surface area contributed by atoms with Crippen molar-refractivity contribution in [1.82, 2.24) is 10.2 Å². The van der Waals surface area contributed by atoms with Gasteiger partial charge >= 0.3 is 0 Å². The molecule has 1 aromatic carbocycles. The quantitative estimate of drug-likeness (QED) is 0.829. The monoisotopic (exact) mass is 388 g/mol. The lowest BCUT2D eigenvalue weighted by atomic mass is 9.96. The van der Waals surface area contributed by atoms with Crippen molar-refractivity contribution in [3.05, 3.63) is 34.3 Å². The van der Waals surface area contributed by atoms with Crippen LogP contribution in [0.15, 0.2) is 28.7 Å². The second-order valence-corrected chi connectivity index (χ2v) is 7.08. The van der Waals surface area contributed by atoms with Crippen molar-refractivity contribution in [1.29, 1.82) is 0 Å². The maximum atomic E-state index is 12.8. The van der Waals surface area contributed by atoms with E-state index >= 15 is 0 Å². The molecule has 0 aliphatic carbocycles. The van der Waals surface area contributed by atoms with Crippen molar-refractivity contribution in [3.63, 3.8) is 0 Å². The molecule has 124 valence electrons.